The predicted octanol–water partition coefficient (Wildman–Crippen LogP) is 3.60. The highest BCUT2D eigenvalue weighted by molar-refractivity contribution is 5.95. The van der Waals surface area contributed by atoms with E-state index in [-0.39, 0.29) is 24.8 Å². The molecular weight excluding hydrogens is 354 g/mol. The molecule has 1 N–H and O–H groups in total. The van der Waals surface area contributed by atoms with Gasteiger partial charge in [-0.15, -0.1) is 0 Å². The lowest BCUT2D eigenvalue weighted by atomic mass is 10.1. The lowest BCUT2D eigenvalue weighted by molar-refractivity contribution is -0.132. The number of hydrogen-bond acceptors (Lipinski definition) is 4. The summed E-state index contributed by atoms with van der Waals surface area (Å²) in [6.45, 7) is 3.91. The molecule has 144 valence electrons. The number of nitrogens with zero attached hydrogens (tertiary/aromatic N) is 2. The molecule has 6 nitrogen and oxygen atoms in total. The van der Waals surface area contributed by atoms with E-state index in [2.05, 4.69) is 10.3 Å². The second-order valence-electron chi connectivity index (χ2n) is 6.73. The van der Waals surface area contributed by atoms with Gasteiger partial charge in [0.25, 0.3) is 0 Å². The molecule has 3 rings (SSSR count). The number of carbonyl (C=O) groups excluding carboxylic acids is 2. The van der Waals surface area contributed by atoms with Gasteiger partial charge in [-0.1, -0.05) is 30.3 Å². The van der Waals surface area contributed by atoms with Crippen LogP contribution in [0.15, 0.2) is 59.2 Å². The average molecular weight is 377 g/mol. The molecule has 0 aliphatic heterocycles. The minimum absolute atomic E-state index is 0.0321. The number of hydrogen-bond donors (Lipinski definition) is 1. The Morgan fingerprint density at radius 3 is 2.57 bits per heavy atom. The van der Waals surface area contributed by atoms with Gasteiger partial charge in [-0.05, 0) is 43.2 Å². The largest absolute Gasteiger partial charge is 0.444 e. The molecule has 0 atom stereocenters. The van der Waals surface area contributed by atoms with E-state index in [1.807, 2.05) is 62.4 Å². The first-order chi connectivity index (χ1) is 13.4. The highest BCUT2D eigenvalue weighted by Crippen LogP contribution is 2.19. The van der Waals surface area contributed by atoms with Gasteiger partial charge in [0.15, 0.2) is 0 Å². The first kappa shape index (κ1) is 19.4. The van der Waals surface area contributed by atoms with Crippen LogP contribution in [0.2, 0.25) is 0 Å². The summed E-state index contributed by atoms with van der Waals surface area (Å²) in [5.41, 5.74) is 4.26. The standard InChI is InChI=1S/C22H23N3O3/c1-15-8-7-11-19(16(15)2)24-20(26)13-25(3)21(27)12-18-14-28-22(23-18)17-9-5-4-6-10-17/h4-11,14H,12-13H2,1-3H3,(H,24,26). The number of likely N-dealkylation sites (N-methyl/N-ethyl adjacent to an activating group) is 1. The lowest BCUT2D eigenvalue weighted by Gasteiger charge is -2.17. The van der Waals surface area contributed by atoms with E-state index in [1.165, 1.54) is 11.2 Å². The normalized spacial score (nSPS) is 10.5. The van der Waals surface area contributed by atoms with E-state index >= 15 is 0 Å². The molecule has 0 saturated heterocycles. The third-order valence-electron chi connectivity index (χ3n) is 4.59. The SMILES string of the molecule is Cc1cccc(NC(=O)CN(C)C(=O)Cc2coc(-c3ccccc3)n2)c1C. The molecule has 0 aliphatic carbocycles. The number of carbonyl (C=O) groups is 2. The van der Waals surface area contributed by atoms with Gasteiger partial charge in [0.05, 0.1) is 18.7 Å². The molecule has 0 saturated carbocycles. The summed E-state index contributed by atoms with van der Waals surface area (Å²) < 4.78 is 5.45. The molecule has 28 heavy (non-hydrogen) atoms. The Hall–Kier alpha value is -3.41. The summed E-state index contributed by atoms with van der Waals surface area (Å²) in [5, 5.41) is 2.86. The maximum Gasteiger partial charge on any atom is 0.243 e. The van der Waals surface area contributed by atoms with Crippen molar-refractivity contribution in [3.05, 3.63) is 71.6 Å². The predicted molar refractivity (Wildman–Crippen MR) is 108 cm³/mol. The molecule has 0 aliphatic rings. The number of amides is 2. The molecule has 2 aromatic carbocycles. The zero-order valence-electron chi connectivity index (χ0n) is 16.2. The Morgan fingerprint density at radius 1 is 1.07 bits per heavy atom. The van der Waals surface area contributed by atoms with Gasteiger partial charge in [0.1, 0.15) is 6.26 Å². The van der Waals surface area contributed by atoms with Gasteiger partial charge in [0.2, 0.25) is 17.7 Å². The number of oxazole rings is 1. The topological polar surface area (TPSA) is 75.4 Å². The van der Waals surface area contributed by atoms with Crippen molar-refractivity contribution in [1.82, 2.24) is 9.88 Å². The average Bonchev–Trinajstić information content (AvgIpc) is 3.14. The van der Waals surface area contributed by atoms with Crippen molar-refractivity contribution in [3.8, 4) is 11.5 Å². The summed E-state index contributed by atoms with van der Waals surface area (Å²) in [4.78, 5) is 30.5. The number of rotatable bonds is 6. The van der Waals surface area contributed by atoms with Crippen LogP contribution in [0.1, 0.15) is 16.8 Å². The highest BCUT2D eigenvalue weighted by Gasteiger charge is 2.17. The molecular formula is C22H23N3O3. The Morgan fingerprint density at radius 2 is 1.82 bits per heavy atom. The number of anilines is 1. The summed E-state index contributed by atoms with van der Waals surface area (Å²) in [6.07, 6.45) is 1.55. The minimum atomic E-state index is -0.241. The van der Waals surface area contributed by atoms with Gasteiger partial charge in [-0.3, -0.25) is 9.59 Å². The van der Waals surface area contributed by atoms with Gasteiger partial charge >= 0.3 is 0 Å². The maximum atomic E-state index is 12.4. The second kappa shape index (κ2) is 8.52. The van der Waals surface area contributed by atoms with Crippen LogP contribution in [0.3, 0.4) is 0 Å². The first-order valence-electron chi connectivity index (χ1n) is 9.04. The first-order valence-corrected chi connectivity index (χ1v) is 9.04. The second-order valence-corrected chi connectivity index (χ2v) is 6.73. The fourth-order valence-electron chi connectivity index (χ4n) is 2.77. The third-order valence-corrected chi connectivity index (χ3v) is 4.59. The minimum Gasteiger partial charge on any atom is -0.444 e. The zero-order valence-corrected chi connectivity index (χ0v) is 16.2. The molecule has 3 aromatic rings. The zero-order chi connectivity index (χ0) is 20.1. The smallest absolute Gasteiger partial charge is 0.243 e. The number of aromatic nitrogens is 1. The monoisotopic (exact) mass is 377 g/mol. The summed E-state index contributed by atoms with van der Waals surface area (Å²) in [7, 11) is 1.60. The van der Waals surface area contributed by atoms with Crippen molar-refractivity contribution in [3.63, 3.8) is 0 Å². The highest BCUT2D eigenvalue weighted by atomic mass is 16.3. The molecule has 0 unspecified atom stereocenters. The maximum absolute atomic E-state index is 12.4. The molecule has 1 aromatic heterocycles. The van der Waals surface area contributed by atoms with Gasteiger partial charge in [0, 0.05) is 18.3 Å². The molecule has 0 bridgehead atoms. The van der Waals surface area contributed by atoms with Crippen molar-refractivity contribution in [2.24, 2.45) is 0 Å². The van der Waals surface area contributed by atoms with E-state index < -0.39 is 0 Å². The summed E-state index contributed by atoms with van der Waals surface area (Å²) in [5.74, 6) is 0.0254. The van der Waals surface area contributed by atoms with Crippen LogP contribution in [-0.4, -0.2) is 35.3 Å². The summed E-state index contributed by atoms with van der Waals surface area (Å²) >= 11 is 0. The van der Waals surface area contributed by atoms with Crippen molar-refractivity contribution < 1.29 is 14.0 Å². The molecule has 2 amide bonds. The van der Waals surface area contributed by atoms with Crippen molar-refractivity contribution in [2.75, 3.05) is 18.9 Å². The molecule has 0 radical (unpaired) electrons. The number of aryl methyl sites for hydroxylation is 1. The molecule has 0 fully saturated rings. The van der Waals surface area contributed by atoms with Gasteiger partial charge in [-0.2, -0.15) is 0 Å². The molecule has 0 spiro atoms. The number of benzene rings is 2. The lowest BCUT2D eigenvalue weighted by Crippen LogP contribution is -2.36. The van der Waals surface area contributed by atoms with Crippen LogP contribution in [-0.2, 0) is 16.0 Å². The van der Waals surface area contributed by atoms with Crippen LogP contribution in [0.4, 0.5) is 5.69 Å². The van der Waals surface area contributed by atoms with Crippen LogP contribution < -0.4 is 5.32 Å². The Balaban J connectivity index is 1.57. The van der Waals surface area contributed by atoms with Gasteiger partial charge < -0.3 is 14.6 Å². The van der Waals surface area contributed by atoms with Crippen LogP contribution in [0, 0.1) is 13.8 Å². The van der Waals surface area contributed by atoms with E-state index in [9.17, 15) is 9.59 Å². The van der Waals surface area contributed by atoms with Crippen LogP contribution in [0.25, 0.3) is 11.5 Å². The van der Waals surface area contributed by atoms with Crippen LogP contribution >= 0.6 is 0 Å². The third kappa shape index (κ3) is 4.65. The van der Waals surface area contributed by atoms with Crippen molar-refractivity contribution >= 4 is 17.5 Å². The number of nitrogens with one attached hydrogen (secondary N) is 1. The van der Waals surface area contributed by atoms with Crippen molar-refractivity contribution in [1.29, 1.82) is 0 Å². The van der Waals surface area contributed by atoms with Crippen molar-refractivity contribution in [2.45, 2.75) is 20.3 Å². The summed E-state index contributed by atoms with van der Waals surface area (Å²) in [6, 6.07) is 15.2. The van der Waals surface area contributed by atoms with E-state index in [0.29, 0.717) is 11.6 Å². The van der Waals surface area contributed by atoms with E-state index in [4.69, 9.17) is 4.42 Å². The fraction of sp³-hybridized carbons (Fsp3) is 0.227. The van der Waals surface area contributed by atoms with E-state index in [0.717, 1.165) is 22.4 Å². The van der Waals surface area contributed by atoms with Gasteiger partial charge in [-0.25, -0.2) is 4.98 Å². The molecule has 6 heteroatoms. The Labute approximate surface area is 164 Å². The van der Waals surface area contributed by atoms with Crippen LogP contribution in [0.5, 0.6) is 0 Å². The molecule has 1 heterocycles. The quantitative estimate of drug-likeness (QED) is 0.712. The Kier molecular flexibility index (Phi) is 5.89. The fourth-order valence-corrected chi connectivity index (χ4v) is 2.77. The Bertz CT molecular complexity index is 980. The van der Waals surface area contributed by atoms with E-state index in [1.54, 1.807) is 7.05 Å².